The highest BCUT2D eigenvalue weighted by atomic mass is 32.2. The number of rotatable bonds is 7. The molecular formula is C19H19N7O3S. The number of aromatic nitrogens is 6. The van der Waals surface area contributed by atoms with Crippen LogP contribution in [-0.4, -0.2) is 37.7 Å². The molecule has 154 valence electrons. The zero-order valence-corrected chi connectivity index (χ0v) is 17.1. The summed E-state index contributed by atoms with van der Waals surface area (Å²) in [4.78, 5) is 8.08. The second-order valence-corrected chi connectivity index (χ2v) is 7.97. The van der Waals surface area contributed by atoms with Crippen LogP contribution in [-0.2, 0) is 16.6 Å². The first kappa shape index (κ1) is 19.6. The molecule has 0 saturated heterocycles. The van der Waals surface area contributed by atoms with Gasteiger partial charge in [-0.2, -0.15) is 8.42 Å². The summed E-state index contributed by atoms with van der Waals surface area (Å²) in [5.74, 6) is 2.06. The summed E-state index contributed by atoms with van der Waals surface area (Å²) in [6.07, 6.45) is 6.55. The Balaban J connectivity index is 1.43. The van der Waals surface area contributed by atoms with Gasteiger partial charge in [-0.1, -0.05) is 0 Å². The minimum absolute atomic E-state index is 0.0181. The molecule has 1 N–H and O–H groups in total. The van der Waals surface area contributed by atoms with Crippen LogP contribution in [0.25, 0.3) is 5.82 Å². The zero-order valence-electron chi connectivity index (χ0n) is 16.3. The lowest BCUT2D eigenvalue weighted by Crippen LogP contribution is -2.13. The van der Waals surface area contributed by atoms with Crippen molar-refractivity contribution in [2.75, 3.05) is 4.72 Å². The summed E-state index contributed by atoms with van der Waals surface area (Å²) >= 11 is 0. The molecule has 4 rings (SSSR count). The van der Waals surface area contributed by atoms with Crippen LogP contribution < -0.4 is 9.46 Å². The van der Waals surface area contributed by atoms with Crippen LogP contribution in [0.15, 0.2) is 66.3 Å². The molecule has 10 nitrogen and oxygen atoms in total. The van der Waals surface area contributed by atoms with Crippen molar-refractivity contribution in [1.82, 2.24) is 29.3 Å². The van der Waals surface area contributed by atoms with Crippen molar-refractivity contribution < 1.29 is 13.2 Å². The Labute approximate surface area is 173 Å². The molecule has 0 radical (unpaired) electrons. The van der Waals surface area contributed by atoms with Gasteiger partial charge in [0, 0.05) is 36.9 Å². The minimum Gasteiger partial charge on any atom is -0.438 e. The Bertz CT molecular complexity index is 1230. The van der Waals surface area contributed by atoms with Gasteiger partial charge in [-0.15, -0.1) is 10.2 Å². The van der Waals surface area contributed by atoms with Gasteiger partial charge in [-0.25, -0.2) is 9.97 Å². The van der Waals surface area contributed by atoms with E-state index < -0.39 is 10.0 Å². The Kier molecular flexibility index (Phi) is 5.19. The lowest BCUT2D eigenvalue weighted by atomic mass is 10.3. The first-order chi connectivity index (χ1) is 14.4. The molecule has 3 heterocycles. The van der Waals surface area contributed by atoms with Gasteiger partial charge >= 0.3 is 0 Å². The van der Waals surface area contributed by atoms with Crippen LogP contribution in [0, 0.1) is 6.92 Å². The number of ether oxygens (including phenoxy) is 1. The molecule has 0 atom stereocenters. The monoisotopic (exact) mass is 425 g/mol. The highest BCUT2D eigenvalue weighted by Crippen LogP contribution is 2.23. The molecule has 3 aromatic heterocycles. The lowest BCUT2D eigenvalue weighted by molar-refractivity contribution is 0.454. The van der Waals surface area contributed by atoms with Gasteiger partial charge in [-0.3, -0.25) is 9.29 Å². The van der Waals surface area contributed by atoms with Gasteiger partial charge < -0.3 is 9.30 Å². The van der Waals surface area contributed by atoms with Gasteiger partial charge in [0.15, 0.2) is 10.8 Å². The largest absolute Gasteiger partial charge is 0.438 e. The molecule has 0 aliphatic heterocycles. The van der Waals surface area contributed by atoms with Crippen LogP contribution in [0.3, 0.4) is 0 Å². The van der Waals surface area contributed by atoms with Crippen LogP contribution in [0.5, 0.6) is 11.6 Å². The fraction of sp³-hybridized carbons (Fsp3) is 0.158. The summed E-state index contributed by atoms with van der Waals surface area (Å²) in [6.45, 7) is 4.33. The highest BCUT2D eigenvalue weighted by Gasteiger charge is 2.19. The number of hydrogen-bond acceptors (Lipinski definition) is 7. The van der Waals surface area contributed by atoms with Gasteiger partial charge in [0.2, 0.25) is 5.88 Å². The molecule has 0 amide bonds. The van der Waals surface area contributed by atoms with Gasteiger partial charge in [0.25, 0.3) is 10.0 Å². The molecule has 0 spiro atoms. The molecule has 0 aliphatic carbocycles. The van der Waals surface area contributed by atoms with Crippen molar-refractivity contribution in [2.45, 2.75) is 25.4 Å². The summed E-state index contributed by atoms with van der Waals surface area (Å²) < 4.78 is 36.8. The van der Waals surface area contributed by atoms with Crippen LogP contribution in [0.4, 0.5) is 5.69 Å². The number of aryl methyl sites for hydroxylation is 2. The van der Waals surface area contributed by atoms with Crippen molar-refractivity contribution in [2.24, 2.45) is 0 Å². The summed E-state index contributed by atoms with van der Waals surface area (Å²) in [7, 11) is -3.78. The van der Waals surface area contributed by atoms with E-state index in [0.717, 1.165) is 0 Å². The van der Waals surface area contributed by atoms with Gasteiger partial charge in [0.1, 0.15) is 17.9 Å². The highest BCUT2D eigenvalue weighted by molar-refractivity contribution is 7.92. The SMILES string of the molecule is CCn1cc(S(=O)(=O)Nc2ccc(Oc3ccc(-n4ccnc4)nn3)cc2)nc1C. The minimum atomic E-state index is -3.78. The number of sulfonamides is 1. The number of hydrogen-bond donors (Lipinski definition) is 1. The van der Waals surface area contributed by atoms with E-state index in [0.29, 0.717) is 35.5 Å². The third-order valence-corrected chi connectivity index (χ3v) is 5.55. The molecule has 4 aromatic rings. The fourth-order valence-electron chi connectivity index (χ4n) is 2.75. The van der Waals surface area contributed by atoms with E-state index in [1.54, 1.807) is 71.2 Å². The summed E-state index contributed by atoms with van der Waals surface area (Å²) in [6, 6.07) is 9.92. The first-order valence-corrected chi connectivity index (χ1v) is 10.6. The maximum atomic E-state index is 12.5. The molecule has 1 aromatic carbocycles. The fourth-order valence-corrected chi connectivity index (χ4v) is 3.82. The second-order valence-electron chi connectivity index (χ2n) is 6.34. The molecule has 0 fully saturated rings. The smallest absolute Gasteiger partial charge is 0.280 e. The maximum absolute atomic E-state index is 12.5. The van der Waals surface area contributed by atoms with Crippen molar-refractivity contribution in [3.63, 3.8) is 0 Å². The maximum Gasteiger partial charge on any atom is 0.280 e. The predicted molar refractivity (Wildman–Crippen MR) is 109 cm³/mol. The normalized spacial score (nSPS) is 11.4. The van der Waals surface area contributed by atoms with Crippen LogP contribution >= 0.6 is 0 Å². The molecule has 0 bridgehead atoms. The van der Waals surface area contributed by atoms with Gasteiger partial charge in [-0.05, 0) is 44.2 Å². The van der Waals surface area contributed by atoms with Crippen molar-refractivity contribution >= 4 is 15.7 Å². The van der Waals surface area contributed by atoms with Crippen LogP contribution in [0.1, 0.15) is 12.7 Å². The Morgan fingerprint density at radius 1 is 1.10 bits per heavy atom. The summed E-state index contributed by atoms with van der Waals surface area (Å²) in [5, 5.41) is 8.09. The molecular weight excluding hydrogens is 406 g/mol. The summed E-state index contributed by atoms with van der Waals surface area (Å²) in [5.41, 5.74) is 0.396. The molecule has 11 heteroatoms. The number of nitrogens with zero attached hydrogens (tertiary/aromatic N) is 6. The molecule has 0 aliphatic rings. The third-order valence-electron chi connectivity index (χ3n) is 4.29. The second kappa shape index (κ2) is 7.95. The van der Waals surface area contributed by atoms with E-state index in [1.165, 1.54) is 6.20 Å². The Morgan fingerprint density at radius 3 is 2.50 bits per heavy atom. The van der Waals surface area contributed by atoms with E-state index >= 15 is 0 Å². The number of anilines is 1. The Morgan fingerprint density at radius 2 is 1.90 bits per heavy atom. The third kappa shape index (κ3) is 4.15. The van der Waals surface area contributed by atoms with Crippen molar-refractivity contribution in [1.29, 1.82) is 0 Å². The quantitative estimate of drug-likeness (QED) is 0.484. The molecule has 0 unspecified atom stereocenters. The van der Waals surface area contributed by atoms with E-state index in [4.69, 9.17) is 4.74 Å². The van der Waals surface area contributed by atoms with Crippen molar-refractivity contribution in [3.8, 4) is 17.4 Å². The van der Waals surface area contributed by atoms with Crippen LogP contribution in [0.2, 0.25) is 0 Å². The predicted octanol–water partition coefficient (Wildman–Crippen LogP) is 2.78. The zero-order chi connectivity index (χ0) is 21.1. The number of benzene rings is 1. The van der Waals surface area contributed by atoms with E-state index in [9.17, 15) is 8.42 Å². The van der Waals surface area contributed by atoms with Gasteiger partial charge in [0.05, 0.1) is 0 Å². The number of nitrogens with one attached hydrogen (secondary N) is 1. The Hall–Kier alpha value is -3.73. The topological polar surface area (TPSA) is 117 Å². The number of imidazole rings is 2. The van der Waals surface area contributed by atoms with Crippen molar-refractivity contribution in [3.05, 3.63) is 67.1 Å². The standard InChI is InChI=1S/C19H19N7O3S/c1-3-25-12-19(21-14(25)2)30(27,28)24-15-4-6-16(7-5-15)29-18-9-8-17(22-23-18)26-11-10-20-13-26/h4-13,24H,3H2,1-2H3. The molecule has 30 heavy (non-hydrogen) atoms. The first-order valence-electron chi connectivity index (χ1n) is 9.11. The average molecular weight is 425 g/mol. The lowest BCUT2D eigenvalue weighted by Gasteiger charge is -2.08. The van der Waals surface area contributed by atoms with E-state index in [1.807, 2.05) is 6.92 Å². The molecule has 0 saturated carbocycles. The van der Waals surface area contributed by atoms with E-state index in [2.05, 4.69) is 24.9 Å². The average Bonchev–Trinajstić information content (AvgIpc) is 3.40. The van der Waals surface area contributed by atoms with E-state index in [-0.39, 0.29) is 5.03 Å².